The summed E-state index contributed by atoms with van der Waals surface area (Å²) in [6.07, 6.45) is 4.34. The van der Waals surface area contributed by atoms with Crippen LogP contribution in [0.15, 0.2) is 24.3 Å². The predicted octanol–water partition coefficient (Wildman–Crippen LogP) is 1.48. The molecule has 1 saturated carbocycles. The zero-order chi connectivity index (χ0) is 21.7. The zero-order valence-electron chi connectivity index (χ0n) is 17.7. The Kier molecular flexibility index (Phi) is 7.36. The lowest BCUT2D eigenvalue weighted by atomic mass is 9.83. The first kappa shape index (κ1) is 22.6. The fraction of sp³-hybridized carbons (Fsp3) is 0.619. The van der Waals surface area contributed by atoms with Crippen molar-refractivity contribution in [1.29, 1.82) is 0 Å². The highest BCUT2D eigenvalue weighted by Gasteiger charge is 2.39. The number of carbonyl (C=O) groups is 2. The minimum Gasteiger partial charge on any atom is -0.493 e. The highest BCUT2D eigenvalue weighted by Crippen LogP contribution is 2.30. The summed E-state index contributed by atoms with van der Waals surface area (Å²) >= 11 is 0. The fourth-order valence-electron chi connectivity index (χ4n) is 4.41. The fourth-order valence-corrected chi connectivity index (χ4v) is 5.57. The van der Waals surface area contributed by atoms with Gasteiger partial charge in [-0.1, -0.05) is 25.0 Å². The van der Waals surface area contributed by atoms with Crippen molar-refractivity contribution in [2.24, 2.45) is 5.92 Å². The van der Waals surface area contributed by atoms with Crippen LogP contribution >= 0.6 is 0 Å². The van der Waals surface area contributed by atoms with Crippen LogP contribution in [0.5, 0.6) is 5.75 Å². The molecule has 2 atom stereocenters. The van der Waals surface area contributed by atoms with E-state index in [2.05, 4.69) is 5.32 Å². The van der Waals surface area contributed by atoms with E-state index >= 15 is 0 Å². The number of benzene rings is 1. The van der Waals surface area contributed by atoms with Gasteiger partial charge < -0.3 is 15.0 Å². The summed E-state index contributed by atoms with van der Waals surface area (Å²) in [4.78, 5) is 27.6. The van der Waals surface area contributed by atoms with Gasteiger partial charge in [0, 0.05) is 32.2 Å². The molecule has 0 aromatic heterocycles. The van der Waals surface area contributed by atoms with E-state index in [-0.39, 0.29) is 36.9 Å². The van der Waals surface area contributed by atoms with E-state index in [1.54, 1.807) is 29.2 Å². The predicted molar refractivity (Wildman–Crippen MR) is 114 cm³/mol. The van der Waals surface area contributed by atoms with E-state index in [0.29, 0.717) is 43.9 Å². The molecule has 1 N–H and O–H groups in total. The van der Waals surface area contributed by atoms with Crippen LogP contribution < -0.4 is 10.1 Å². The van der Waals surface area contributed by atoms with Gasteiger partial charge in [0.05, 0.1) is 24.3 Å². The molecule has 3 rings (SSSR count). The van der Waals surface area contributed by atoms with E-state index in [9.17, 15) is 18.0 Å². The first-order chi connectivity index (χ1) is 14.3. The van der Waals surface area contributed by atoms with Crippen molar-refractivity contribution in [3.63, 3.8) is 0 Å². The summed E-state index contributed by atoms with van der Waals surface area (Å²) in [5.74, 6) is -0.201. The molecule has 2 fully saturated rings. The van der Waals surface area contributed by atoms with Crippen molar-refractivity contribution >= 4 is 21.8 Å². The Morgan fingerprint density at radius 2 is 1.90 bits per heavy atom. The first-order valence-electron chi connectivity index (χ1n) is 10.6. The number of sulfonamides is 1. The SMILES string of the molecule is CCOc1ccccc1C(=O)N1CCNC(=O)[C@H]2CCCC[C@H]2N(S(C)(=O)=O)CC1. The number of hydrogen-bond donors (Lipinski definition) is 1. The average molecular weight is 438 g/mol. The molecule has 0 radical (unpaired) electrons. The van der Waals surface area contributed by atoms with Gasteiger partial charge in [0.25, 0.3) is 5.91 Å². The number of para-hydroxylation sites is 1. The molecule has 8 nitrogen and oxygen atoms in total. The number of fused-ring (bicyclic) bond motifs is 1. The van der Waals surface area contributed by atoms with Crippen LogP contribution in [0.3, 0.4) is 0 Å². The van der Waals surface area contributed by atoms with E-state index < -0.39 is 10.0 Å². The van der Waals surface area contributed by atoms with Gasteiger partial charge in [0.2, 0.25) is 15.9 Å². The Morgan fingerprint density at radius 3 is 2.63 bits per heavy atom. The van der Waals surface area contributed by atoms with Crippen LogP contribution in [0.1, 0.15) is 43.0 Å². The summed E-state index contributed by atoms with van der Waals surface area (Å²) in [6.45, 7) is 3.36. The van der Waals surface area contributed by atoms with Crippen LogP contribution in [0.25, 0.3) is 0 Å². The van der Waals surface area contributed by atoms with Crippen LogP contribution in [0.2, 0.25) is 0 Å². The van der Waals surface area contributed by atoms with E-state index in [1.807, 2.05) is 6.92 Å². The van der Waals surface area contributed by atoms with Crippen LogP contribution in [-0.4, -0.2) is 74.5 Å². The number of rotatable bonds is 4. The zero-order valence-corrected chi connectivity index (χ0v) is 18.5. The first-order valence-corrected chi connectivity index (χ1v) is 12.4. The summed E-state index contributed by atoms with van der Waals surface area (Å²) in [5, 5.41) is 2.91. The van der Waals surface area contributed by atoms with Gasteiger partial charge in [-0.25, -0.2) is 8.42 Å². The second-order valence-electron chi connectivity index (χ2n) is 7.84. The normalized spacial score (nSPS) is 23.9. The number of carbonyl (C=O) groups excluding carboxylic acids is 2. The molecule has 9 heteroatoms. The van der Waals surface area contributed by atoms with Gasteiger partial charge in [-0.15, -0.1) is 0 Å². The molecule has 1 aromatic rings. The molecular weight excluding hydrogens is 406 g/mol. The number of ether oxygens (including phenoxy) is 1. The molecule has 1 aliphatic carbocycles. The highest BCUT2D eigenvalue weighted by atomic mass is 32.2. The lowest BCUT2D eigenvalue weighted by Crippen LogP contribution is -2.55. The van der Waals surface area contributed by atoms with Gasteiger partial charge in [-0.3, -0.25) is 9.59 Å². The maximum absolute atomic E-state index is 13.2. The molecule has 2 aliphatic rings. The number of nitrogens with zero attached hydrogens (tertiary/aromatic N) is 2. The number of hydrogen-bond acceptors (Lipinski definition) is 5. The number of nitrogens with one attached hydrogen (secondary N) is 1. The van der Waals surface area contributed by atoms with E-state index in [4.69, 9.17) is 4.74 Å². The maximum Gasteiger partial charge on any atom is 0.257 e. The topological polar surface area (TPSA) is 96.0 Å². The summed E-state index contributed by atoms with van der Waals surface area (Å²) in [7, 11) is -3.53. The lowest BCUT2D eigenvalue weighted by molar-refractivity contribution is -0.127. The van der Waals surface area contributed by atoms with Gasteiger partial charge in [0.1, 0.15) is 5.75 Å². The smallest absolute Gasteiger partial charge is 0.257 e. The third-order valence-corrected chi connectivity index (χ3v) is 7.14. The van der Waals surface area contributed by atoms with Gasteiger partial charge in [-0.05, 0) is 31.9 Å². The molecule has 166 valence electrons. The Balaban J connectivity index is 1.87. The monoisotopic (exact) mass is 437 g/mol. The van der Waals surface area contributed by atoms with Crippen molar-refractivity contribution in [3.8, 4) is 5.75 Å². The van der Waals surface area contributed by atoms with Crippen molar-refractivity contribution < 1.29 is 22.7 Å². The van der Waals surface area contributed by atoms with Crippen LogP contribution in [-0.2, 0) is 14.8 Å². The van der Waals surface area contributed by atoms with Gasteiger partial charge >= 0.3 is 0 Å². The van der Waals surface area contributed by atoms with Crippen molar-refractivity contribution in [2.45, 2.75) is 38.6 Å². The average Bonchev–Trinajstić information content (AvgIpc) is 2.72. The highest BCUT2D eigenvalue weighted by molar-refractivity contribution is 7.88. The standard InChI is InChI=1S/C21H31N3O5S/c1-3-29-19-11-7-5-9-17(19)21(26)23-13-12-22-20(25)16-8-4-6-10-18(16)24(15-14-23)30(2,27)28/h5,7,9,11,16,18H,3-4,6,8,10,12-15H2,1-2H3,(H,22,25)/t16-,18+/m0/s1. The summed E-state index contributed by atoms with van der Waals surface area (Å²) in [5.41, 5.74) is 0.434. The van der Waals surface area contributed by atoms with Crippen molar-refractivity contribution in [2.75, 3.05) is 39.0 Å². The third-order valence-electron chi connectivity index (χ3n) is 5.84. The Morgan fingerprint density at radius 1 is 1.17 bits per heavy atom. The van der Waals surface area contributed by atoms with E-state index in [1.165, 1.54) is 10.6 Å². The molecule has 0 unspecified atom stereocenters. The largest absolute Gasteiger partial charge is 0.493 e. The van der Waals surface area contributed by atoms with Crippen molar-refractivity contribution in [3.05, 3.63) is 29.8 Å². The molecule has 30 heavy (non-hydrogen) atoms. The van der Waals surface area contributed by atoms with Gasteiger partial charge in [-0.2, -0.15) is 4.31 Å². The minimum absolute atomic E-state index is 0.127. The maximum atomic E-state index is 13.2. The Bertz CT molecular complexity index is 873. The molecule has 1 saturated heterocycles. The molecule has 0 bridgehead atoms. The van der Waals surface area contributed by atoms with Crippen LogP contribution in [0, 0.1) is 5.92 Å². The molecule has 1 aliphatic heterocycles. The third kappa shape index (κ3) is 5.13. The quantitative estimate of drug-likeness (QED) is 0.770. The summed E-state index contributed by atoms with van der Waals surface area (Å²) < 4.78 is 32.2. The Labute approximate surface area is 178 Å². The van der Waals surface area contributed by atoms with Crippen molar-refractivity contribution in [1.82, 2.24) is 14.5 Å². The minimum atomic E-state index is -3.53. The number of amides is 2. The second kappa shape index (κ2) is 9.78. The second-order valence-corrected chi connectivity index (χ2v) is 9.78. The lowest BCUT2D eigenvalue weighted by Gasteiger charge is -2.39. The van der Waals surface area contributed by atoms with Crippen LogP contribution in [0.4, 0.5) is 0 Å². The molecular formula is C21H31N3O5S. The van der Waals surface area contributed by atoms with Gasteiger partial charge in [0.15, 0.2) is 0 Å². The molecule has 0 spiro atoms. The molecule has 1 aromatic carbocycles. The Hall–Kier alpha value is -2.13. The molecule has 1 heterocycles. The molecule has 2 amide bonds. The van der Waals surface area contributed by atoms with E-state index in [0.717, 1.165) is 12.8 Å². The summed E-state index contributed by atoms with van der Waals surface area (Å²) in [6, 6.07) is 6.67.